The first-order chi connectivity index (χ1) is 17.9. The van der Waals surface area contributed by atoms with E-state index in [9.17, 15) is 18.0 Å². The summed E-state index contributed by atoms with van der Waals surface area (Å²) < 4.78 is 38.4. The van der Waals surface area contributed by atoms with Crippen molar-refractivity contribution in [3.8, 4) is 11.5 Å². The van der Waals surface area contributed by atoms with E-state index in [0.717, 1.165) is 4.31 Å². The average molecular weight is 587 g/mol. The quantitative estimate of drug-likeness (QED) is 0.425. The molecule has 3 rings (SSSR count). The Hall–Kier alpha value is -2.69. The van der Waals surface area contributed by atoms with E-state index < -0.39 is 28.5 Å². The topological polar surface area (TPSA) is 105 Å². The molecule has 1 atom stereocenters. The normalized spacial score (nSPS) is 13.7. The molecule has 0 saturated heterocycles. The third kappa shape index (κ3) is 7.45. The molecule has 0 spiro atoms. The van der Waals surface area contributed by atoms with Crippen molar-refractivity contribution in [1.29, 1.82) is 0 Å². The lowest BCUT2D eigenvalue weighted by Gasteiger charge is -2.32. The molecule has 0 saturated carbocycles. The van der Waals surface area contributed by atoms with Crippen molar-refractivity contribution in [2.24, 2.45) is 5.92 Å². The second kappa shape index (κ2) is 12.9. The molecule has 1 aliphatic rings. The van der Waals surface area contributed by atoms with Crippen LogP contribution in [0.15, 0.2) is 36.4 Å². The second-order valence-electron chi connectivity index (χ2n) is 9.31. The van der Waals surface area contributed by atoms with Gasteiger partial charge in [-0.2, -0.15) is 0 Å². The molecule has 2 aromatic carbocycles. The highest BCUT2D eigenvalue weighted by atomic mass is 35.5. The van der Waals surface area contributed by atoms with Crippen LogP contribution in [0.2, 0.25) is 10.0 Å². The largest absolute Gasteiger partial charge is 0.486 e. The number of sulfonamides is 1. The molecule has 1 heterocycles. The molecule has 1 N–H and O–H groups in total. The van der Waals surface area contributed by atoms with Gasteiger partial charge in [0, 0.05) is 29.2 Å². The summed E-state index contributed by atoms with van der Waals surface area (Å²) in [4.78, 5) is 28.1. The first-order valence-corrected chi connectivity index (χ1v) is 14.7. The lowest BCUT2D eigenvalue weighted by atomic mass is 10.1. The Kier molecular flexibility index (Phi) is 10.1. The highest BCUT2D eigenvalue weighted by molar-refractivity contribution is 7.92. The minimum absolute atomic E-state index is 0.0216. The standard InChI is InChI=1S/C26H33Cl2N3O6S/c1-5-38(34,35)31(21-8-9-23-24(13-21)37-11-10-36-23)16-25(32)30(18(4)26(33)29-14-17(2)3)15-19-6-7-20(27)12-22(19)28/h6-9,12-13,17-18H,5,10-11,14-16H2,1-4H3,(H,29,33)/t18-/m1/s1. The fraction of sp³-hybridized carbons (Fsp3) is 0.462. The van der Waals surface area contributed by atoms with Gasteiger partial charge in [-0.05, 0) is 49.6 Å². The van der Waals surface area contributed by atoms with Crippen molar-refractivity contribution in [1.82, 2.24) is 10.2 Å². The van der Waals surface area contributed by atoms with Crippen LogP contribution < -0.4 is 19.1 Å². The number of amides is 2. The van der Waals surface area contributed by atoms with Crippen LogP contribution in [-0.4, -0.2) is 63.2 Å². The number of fused-ring (bicyclic) bond motifs is 1. The van der Waals surface area contributed by atoms with Crippen LogP contribution in [0, 0.1) is 5.92 Å². The van der Waals surface area contributed by atoms with Crippen molar-refractivity contribution in [2.75, 3.05) is 36.4 Å². The number of rotatable bonds is 11. The average Bonchev–Trinajstić information content (AvgIpc) is 2.89. The lowest BCUT2D eigenvalue weighted by molar-refractivity contribution is -0.139. The van der Waals surface area contributed by atoms with Crippen LogP contribution in [0.4, 0.5) is 5.69 Å². The van der Waals surface area contributed by atoms with Crippen LogP contribution >= 0.6 is 23.2 Å². The van der Waals surface area contributed by atoms with Crippen molar-refractivity contribution in [3.05, 3.63) is 52.0 Å². The van der Waals surface area contributed by atoms with E-state index in [1.165, 1.54) is 17.9 Å². The molecule has 0 bridgehead atoms. The fourth-order valence-electron chi connectivity index (χ4n) is 3.78. The first kappa shape index (κ1) is 29.9. The molecular formula is C26H33Cl2N3O6S. The Bertz CT molecular complexity index is 1270. The Morgan fingerprint density at radius 2 is 1.71 bits per heavy atom. The zero-order chi connectivity index (χ0) is 28.0. The number of benzene rings is 2. The number of carbonyl (C=O) groups excluding carboxylic acids is 2. The molecule has 2 amide bonds. The van der Waals surface area contributed by atoms with Crippen LogP contribution in [0.5, 0.6) is 11.5 Å². The maximum atomic E-state index is 13.8. The Labute approximate surface area is 234 Å². The monoisotopic (exact) mass is 585 g/mol. The Morgan fingerprint density at radius 3 is 2.34 bits per heavy atom. The molecule has 0 unspecified atom stereocenters. The van der Waals surface area contributed by atoms with Crippen molar-refractivity contribution < 1.29 is 27.5 Å². The number of carbonyl (C=O) groups is 2. The number of nitrogens with zero attached hydrogens (tertiary/aromatic N) is 2. The van der Waals surface area contributed by atoms with Gasteiger partial charge in [-0.3, -0.25) is 13.9 Å². The molecule has 2 aromatic rings. The van der Waals surface area contributed by atoms with Gasteiger partial charge in [0.25, 0.3) is 0 Å². The van der Waals surface area contributed by atoms with Crippen LogP contribution in [0.1, 0.15) is 33.3 Å². The summed E-state index contributed by atoms with van der Waals surface area (Å²) in [5.74, 6) is -0.0708. The molecule has 208 valence electrons. The van der Waals surface area contributed by atoms with Crippen molar-refractivity contribution >= 4 is 50.7 Å². The van der Waals surface area contributed by atoms with Gasteiger partial charge in [0.15, 0.2) is 11.5 Å². The van der Waals surface area contributed by atoms with Gasteiger partial charge in [-0.25, -0.2) is 8.42 Å². The smallest absolute Gasteiger partial charge is 0.244 e. The Morgan fingerprint density at radius 1 is 1.03 bits per heavy atom. The Balaban J connectivity index is 1.95. The lowest BCUT2D eigenvalue weighted by Crippen LogP contribution is -2.51. The van der Waals surface area contributed by atoms with Gasteiger partial charge in [0.05, 0.1) is 11.4 Å². The summed E-state index contributed by atoms with van der Waals surface area (Å²) in [6.45, 7) is 7.62. The first-order valence-electron chi connectivity index (χ1n) is 12.3. The van der Waals surface area contributed by atoms with E-state index in [2.05, 4.69) is 5.32 Å². The molecule has 0 radical (unpaired) electrons. The van der Waals surface area contributed by atoms with Gasteiger partial charge >= 0.3 is 0 Å². The van der Waals surface area contributed by atoms with Gasteiger partial charge in [-0.15, -0.1) is 0 Å². The molecule has 0 aromatic heterocycles. The summed E-state index contributed by atoms with van der Waals surface area (Å²) in [5.41, 5.74) is 0.822. The summed E-state index contributed by atoms with van der Waals surface area (Å²) in [6, 6.07) is 8.66. The van der Waals surface area contributed by atoms with Gasteiger partial charge in [0.1, 0.15) is 25.8 Å². The van der Waals surface area contributed by atoms with E-state index in [1.807, 2.05) is 13.8 Å². The van der Waals surface area contributed by atoms with Crippen molar-refractivity contribution in [2.45, 2.75) is 40.3 Å². The van der Waals surface area contributed by atoms with E-state index >= 15 is 0 Å². The third-order valence-electron chi connectivity index (χ3n) is 6.00. The zero-order valence-corrected chi connectivity index (χ0v) is 24.2. The summed E-state index contributed by atoms with van der Waals surface area (Å²) in [6.07, 6.45) is 0. The number of ether oxygens (including phenoxy) is 2. The number of halogens is 2. The van der Waals surface area contributed by atoms with Crippen molar-refractivity contribution in [3.63, 3.8) is 0 Å². The molecule has 1 aliphatic heterocycles. The summed E-state index contributed by atoms with van der Waals surface area (Å²) >= 11 is 12.4. The molecule has 38 heavy (non-hydrogen) atoms. The minimum atomic E-state index is -3.88. The maximum absolute atomic E-state index is 13.8. The summed E-state index contributed by atoms with van der Waals surface area (Å²) in [7, 11) is -3.88. The van der Waals surface area contributed by atoms with E-state index in [1.54, 1.807) is 37.3 Å². The van der Waals surface area contributed by atoms with Crippen LogP contribution in [-0.2, 0) is 26.2 Å². The SMILES string of the molecule is CCS(=O)(=O)N(CC(=O)N(Cc1ccc(Cl)cc1Cl)[C@H](C)C(=O)NCC(C)C)c1ccc2c(c1)OCCO2. The van der Waals surface area contributed by atoms with E-state index in [4.69, 9.17) is 32.7 Å². The maximum Gasteiger partial charge on any atom is 0.244 e. The van der Waals surface area contributed by atoms with E-state index in [0.29, 0.717) is 46.9 Å². The predicted octanol–water partition coefficient (Wildman–Crippen LogP) is 4.11. The predicted molar refractivity (Wildman–Crippen MR) is 149 cm³/mol. The number of hydrogen-bond donors (Lipinski definition) is 1. The highest BCUT2D eigenvalue weighted by Gasteiger charge is 2.32. The minimum Gasteiger partial charge on any atom is -0.486 e. The second-order valence-corrected chi connectivity index (χ2v) is 12.3. The van der Waals surface area contributed by atoms with Crippen LogP contribution in [0.3, 0.4) is 0 Å². The molecular weight excluding hydrogens is 553 g/mol. The summed E-state index contributed by atoms with van der Waals surface area (Å²) in [5, 5.41) is 3.60. The number of anilines is 1. The molecule has 12 heteroatoms. The molecule has 9 nitrogen and oxygen atoms in total. The van der Waals surface area contributed by atoms with Gasteiger partial charge in [-0.1, -0.05) is 43.1 Å². The van der Waals surface area contributed by atoms with Crippen LogP contribution in [0.25, 0.3) is 0 Å². The number of hydrogen-bond acceptors (Lipinski definition) is 6. The molecule has 0 aliphatic carbocycles. The molecule has 0 fully saturated rings. The third-order valence-corrected chi connectivity index (χ3v) is 8.33. The highest BCUT2D eigenvalue weighted by Crippen LogP contribution is 2.35. The van der Waals surface area contributed by atoms with E-state index in [-0.39, 0.29) is 29.8 Å². The fourth-order valence-corrected chi connectivity index (χ4v) is 5.30. The van der Waals surface area contributed by atoms with Gasteiger partial charge < -0.3 is 19.7 Å². The number of nitrogens with one attached hydrogen (secondary N) is 1. The van der Waals surface area contributed by atoms with Gasteiger partial charge in [0.2, 0.25) is 21.8 Å². The zero-order valence-electron chi connectivity index (χ0n) is 21.9.